The minimum absolute atomic E-state index is 0.0618. The molecule has 0 N–H and O–H groups in total. The normalized spacial score (nSPS) is 11.4. The molecule has 6 heteroatoms. The summed E-state index contributed by atoms with van der Waals surface area (Å²) >= 11 is 4.79. The number of carbonyl (C=O) groups is 1. The van der Waals surface area contributed by atoms with Gasteiger partial charge in [0.05, 0.1) is 5.75 Å². The second kappa shape index (κ2) is 9.09. The summed E-state index contributed by atoms with van der Waals surface area (Å²) in [6, 6.07) is 15.8. The van der Waals surface area contributed by atoms with Crippen LogP contribution in [0.4, 0.5) is 0 Å². The van der Waals surface area contributed by atoms with Crippen LogP contribution in [0.2, 0.25) is 0 Å². The van der Waals surface area contributed by atoms with E-state index in [0.29, 0.717) is 23.0 Å². The molecule has 150 valence electrons. The van der Waals surface area contributed by atoms with Crippen molar-refractivity contribution in [2.24, 2.45) is 0 Å². The Kier molecular flexibility index (Phi) is 6.75. The molecule has 0 amide bonds. The number of allylic oxidation sites excluding steroid dienone is 1. The van der Waals surface area contributed by atoms with Gasteiger partial charge in [-0.05, 0) is 23.1 Å². The maximum atomic E-state index is 12.5. The molecule has 0 saturated carbocycles. The summed E-state index contributed by atoms with van der Waals surface area (Å²) in [7, 11) is 0. The van der Waals surface area contributed by atoms with Crippen molar-refractivity contribution in [2.75, 3.05) is 5.75 Å². The van der Waals surface area contributed by atoms with Gasteiger partial charge in [-0.2, -0.15) is 0 Å². The van der Waals surface area contributed by atoms with E-state index < -0.39 is 0 Å². The summed E-state index contributed by atoms with van der Waals surface area (Å²) in [5.74, 6) is 1.15. The van der Waals surface area contributed by atoms with E-state index in [-0.39, 0.29) is 11.2 Å². The van der Waals surface area contributed by atoms with Crippen LogP contribution in [0.25, 0.3) is 11.4 Å². The molecule has 0 atom stereocenters. The number of hydrogen-bond donors (Lipinski definition) is 0. The molecular weight excluding hydrogens is 446 g/mol. The van der Waals surface area contributed by atoms with E-state index in [0.717, 1.165) is 15.9 Å². The van der Waals surface area contributed by atoms with Crippen LogP contribution in [0, 0.1) is 0 Å². The Hall–Kier alpha value is -2.18. The summed E-state index contributed by atoms with van der Waals surface area (Å²) in [5, 5.41) is 9.43. The van der Waals surface area contributed by atoms with Gasteiger partial charge in [-0.15, -0.1) is 16.8 Å². The smallest absolute Gasteiger partial charge is 0.192 e. The molecule has 2 aromatic carbocycles. The number of carbonyl (C=O) groups excluding carboxylic acids is 1. The van der Waals surface area contributed by atoms with Crippen LogP contribution in [0.1, 0.15) is 36.7 Å². The van der Waals surface area contributed by atoms with Gasteiger partial charge in [-0.3, -0.25) is 9.36 Å². The first-order chi connectivity index (χ1) is 13.8. The van der Waals surface area contributed by atoms with E-state index in [9.17, 15) is 4.79 Å². The molecule has 0 radical (unpaired) electrons. The number of hydrogen-bond acceptors (Lipinski definition) is 4. The van der Waals surface area contributed by atoms with E-state index in [1.54, 1.807) is 0 Å². The minimum atomic E-state index is 0.0618. The Labute approximate surface area is 184 Å². The highest BCUT2D eigenvalue weighted by atomic mass is 79.9. The highest BCUT2D eigenvalue weighted by molar-refractivity contribution is 9.10. The van der Waals surface area contributed by atoms with E-state index in [4.69, 9.17) is 0 Å². The lowest BCUT2D eigenvalue weighted by molar-refractivity contribution is 0.102. The molecular formula is C23H24BrN3OS. The first kappa shape index (κ1) is 21.5. The highest BCUT2D eigenvalue weighted by Gasteiger charge is 2.17. The van der Waals surface area contributed by atoms with Gasteiger partial charge in [0.25, 0.3) is 0 Å². The molecule has 0 aliphatic heterocycles. The molecule has 0 spiro atoms. The van der Waals surface area contributed by atoms with E-state index >= 15 is 0 Å². The van der Waals surface area contributed by atoms with Crippen LogP contribution < -0.4 is 0 Å². The summed E-state index contributed by atoms with van der Waals surface area (Å²) < 4.78 is 2.95. The maximum Gasteiger partial charge on any atom is 0.192 e. The number of aromatic nitrogens is 3. The summed E-state index contributed by atoms with van der Waals surface area (Å²) in [5.41, 5.74) is 3.06. The average Bonchev–Trinajstić information content (AvgIpc) is 3.09. The van der Waals surface area contributed by atoms with Crippen LogP contribution in [0.3, 0.4) is 0 Å². The Morgan fingerprint density at radius 1 is 1.10 bits per heavy atom. The lowest BCUT2D eigenvalue weighted by Crippen LogP contribution is -2.10. The molecule has 3 rings (SSSR count). The zero-order valence-electron chi connectivity index (χ0n) is 16.9. The molecule has 29 heavy (non-hydrogen) atoms. The number of benzene rings is 2. The van der Waals surface area contributed by atoms with Gasteiger partial charge in [0.1, 0.15) is 0 Å². The van der Waals surface area contributed by atoms with Gasteiger partial charge in [0.2, 0.25) is 0 Å². The molecule has 0 aliphatic carbocycles. The number of halogens is 1. The van der Waals surface area contributed by atoms with Crippen LogP contribution in [0.5, 0.6) is 0 Å². The molecule has 0 bridgehead atoms. The average molecular weight is 470 g/mol. The van der Waals surface area contributed by atoms with Gasteiger partial charge in [-0.1, -0.05) is 90.9 Å². The summed E-state index contributed by atoms with van der Waals surface area (Å²) in [4.78, 5) is 12.5. The van der Waals surface area contributed by atoms with Gasteiger partial charge in [0.15, 0.2) is 16.8 Å². The molecule has 0 fully saturated rings. The predicted octanol–water partition coefficient (Wildman–Crippen LogP) is 6.17. The topological polar surface area (TPSA) is 47.8 Å². The number of rotatable bonds is 7. The van der Waals surface area contributed by atoms with Crippen molar-refractivity contribution in [3.63, 3.8) is 0 Å². The second-order valence-electron chi connectivity index (χ2n) is 7.75. The number of Topliss-reactive ketones (excluding diaryl/α,β-unsaturated/α-hetero) is 1. The van der Waals surface area contributed by atoms with Crippen molar-refractivity contribution in [3.05, 3.63) is 76.8 Å². The van der Waals surface area contributed by atoms with Crippen molar-refractivity contribution in [3.8, 4) is 11.4 Å². The van der Waals surface area contributed by atoms with Crippen molar-refractivity contribution >= 4 is 33.5 Å². The van der Waals surface area contributed by atoms with Crippen molar-refractivity contribution in [1.29, 1.82) is 0 Å². The van der Waals surface area contributed by atoms with Crippen LogP contribution in [-0.2, 0) is 12.0 Å². The number of thioether (sulfide) groups is 1. The lowest BCUT2D eigenvalue weighted by atomic mass is 9.87. The van der Waals surface area contributed by atoms with Gasteiger partial charge < -0.3 is 0 Å². The second-order valence-corrected chi connectivity index (χ2v) is 9.61. The van der Waals surface area contributed by atoms with Crippen molar-refractivity contribution < 1.29 is 4.79 Å². The van der Waals surface area contributed by atoms with E-state index in [1.165, 1.54) is 17.3 Å². The molecule has 0 unspecified atom stereocenters. The Morgan fingerprint density at radius 2 is 1.76 bits per heavy atom. The fourth-order valence-corrected chi connectivity index (χ4v) is 3.98. The molecule has 3 aromatic rings. The molecule has 1 heterocycles. The highest BCUT2D eigenvalue weighted by Crippen LogP contribution is 2.28. The zero-order valence-corrected chi connectivity index (χ0v) is 19.3. The molecule has 1 aromatic heterocycles. The minimum Gasteiger partial charge on any atom is -0.298 e. The van der Waals surface area contributed by atoms with E-state index in [1.807, 2.05) is 34.9 Å². The third-order valence-corrected chi connectivity index (χ3v) is 6.03. The summed E-state index contributed by atoms with van der Waals surface area (Å²) in [6.45, 7) is 11.0. The first-order valence-corrected chi connectivity index (χ1v) is 11.1. The third kappa shape index (κ3) is 5.25. The fourth-order valence-electron chi connectivity index (χ4n) is 2.87. The fraction of sp³-hybridized carbons (Fsp3) is 0.261. The first-order valence-electron chi connectivity index (χ1n) is 9.36. The van der Waals surface area contributed by atoms with Gasteiger partial charge >= 0.3 is 0 Å². The SMILES string of the molecule is C=CCn1c(SCC(=O)c2ccc(Br)cc2)nnc1-c1ccc(C(C)(C)C)cc1. The van der Waals surface area contributed by atoms with E-state index in [2.05, 4.69) is 77.7 Å². The van der Waals surface area contributed by atoms with Crippen LogP contribution in [0.15, 0.2) is 70.8 Å². The monoisotopic (exact) mass is 469 g/mol. The zero-order chi connectivity index (χ0) is 21.0. The van der Waals surface area contributed by atoms with Crippen LogP contribution in [-0.4, -0.2) is 26.3 Å². The Balaban J connectivity index is 1.80. The quantitative estimate of drug-likeness (QED) is 0.236. The predicted molar refractivity (Wildman–Crippen MR) is 124 cm³/mol. The number of ketones is 1. The molecule has 4 nitrogen and oxygen atoms in total. The van der Waals surface area contributed by atoms with Crippen LogP contribution >= 0.6 is 27.7 Å². The van der Waals surface area contributed by atoms with Gasteiger partial charge in [-0.25, -0.2) is 0 Å². The standard InChI is InChI=1S/C23H24BrN3OS/c1-5-14-27-21(17-6-10-18(11-7-17)23(2,3)4)25-26-22(27)29-15-20(28)16-8-12-19(24)13-9-16/h5-13H,1,14-15H2,2-4H3. The Morgan fingerprint density at radius 3 is 2.34 bits per heavy atom. The maximum absolute atomic E-state index is 12.5. The number of nitrogens with zero attached hydrogens (tertiary/aromatic N) is 3. The van der Waals surface area contributed by atoms with Gasteiger partial charge in [0, 0.05) is 22.1 Å². The Bertz CT molecular complexity index is 1000. The third-order valence-electron chi connectivity index (χ3n) is 4.54. The molecule has 0 aliphatic rings. The molecule has 0 saturated heterocycles. The van der Waals surface area contributed by atoms with Crippen molar-refractivity contribution in [2.45, 2.75) is 37.9 Å². The largest absolute Gasteiger partial charge is 0.298 e. The summed E-state index contributed by atoms with van der Waals surface area (Å²) in [6.07, 6.45) is 1.82. The lowest BCUT2D eigenvalue weighted by Gasteiger charge is -2.19. The van der Waals surface area contributed by atoms with Crippen molar-refractivity contribution in [1.82, 2.24) is 14.8 Å².